The van der Waals surface area contributed by atoms with Gasteiger partial charge in [-0.2, -0.15) is 0 Å². The van der Waals surface area contributed by atoms with E-state index in [-0.39, 0.29) is 48.8 Å². The zero-order valence-corrected chi connectivity index (χ0v) is 22.9. The van der Waals surface area contributed by atoms with Gasteiger partial charge in [0, 0.05) is 24.9 Å². The molecule has 0 bridgehead atoms. The molecule has 0 unspecified atom stereocenters. The molecule has 2 aromatic carbocycles. The number of likely N-dealkylation sites (tertiary alicyclic amines) is 2. The van der Waals surface area contributed by atoms with Gasteiger partial charge in [0.1, 0.15) is 25.3 Å². The number of nitrogens with zero attached hydrogens (tertiary/aromatic N) is 2. The number of rotatable bonds is 8. The first-order chi connectivity index (χ1) is 19.5. The summed E-state index contributed by atoms with van der Waals surface area (Å²) < 4.78 is 11.1. The summed E-state index contributed by atoms with van der Waals surface area (Å²) >= 11 is 0. The molecule has 1 saturated carbocycles. The molecule has 8 nitrogen and oxygen atoms in total. The van der Waals surface area contributed by atoms with Crippen molar-refractivity contribution in [2.75, 3.05) is 13.1 Å². The smallest absolute Gasteiger partial charge is 0.329 e. The fourth-order valence-corrected chi connectivity index (χ4v) is 6.26. The van der Waals surface area contributed by atoms with Gasteiger partial charge in [0.05, 0.1) is 0 Å². The number of ether oxygens (including phenoxy) is 2. The van der Waals surface area contributed by atoms with Crippen LogP contribution in [-0.2, 0) is 41.9 Å². The molecule has 0 radical (unpaired) electrons. The SMILES string of the molecule is O=C(OCc1ccccc1)[C@H]1CCCN1C(=O)[C@H]1CC[C@@H](C(=O)N2CCC[C@@H]2C(=O)OCc2ccccc2)CC1. The van der Waals surface area contributed by atoms with Crippen LogP contribution < -0.4 is 0 Å². The topological polar surface area (TPSA) is 93.2 Å². The summed E-state index contributed by atoms with van der Waals surface area (Å²) in [6.07, 6.45) is 5.21. The molecule has 2 atom stereocenters. The van der Waals surface area contributed by atoms with Crippen LogP contribution >= 0.6 is 0 Å². The Bertz CT molecular complexity index is 1080. The lowest BCUT2D eigenvalue weighted by molar-refractivity contribution is -0.157. The van der Waals surface area contributed by atoms with E-state index in [0.29, 0.717) is 51.6 Å². The largest absolute Gasteiger partial charge is 0.459 e. The Morgan fingerprint density at radius 2 is 0.950 bits per heavy atom. The van der Waals surface area contributed by atoms with Gasteiger partial charge in [-0.25, -0.2) is 9.59 Å². The minimum atomic E-state index is -0.539. The molecule has 2 aliphatic heterocycles. The summed E-state index contributed by atoms with van der Waals surface area (Å²) in [6, 6.07) is 18.0. The Morgan fingerprint density at radius 3 is 1.32 bits per heavy atom. The van der Waals surface area contributed by atoms with Gasteiger partial charge < -0.3 is 19.3 Å². The highest BCUT2D eigenvalue weighted by molar-refractivity contribution is 5.88. The molecule has 212 valence electrons. The Hall–Kier alpha value is -3.68. The van der Waals surface area contributed by atoms with E-state index >= 15 is 0 Å². The molecule has 5 rings (SSSR count). The van der Waals surface area contributed by atoms with Crippen LogP contribution in [0.5, 0.6) is 0 Å². The summed E-state index contributed by atoms with van der Waals surface area (Å²) in [5.74, 6) is -1.11. The predicted molar refractivity (Wildman–Crippen MR) is 147 cm³/mol. The molecule has 3 fully saturated rings. The minimum Gasteiger partial charge on any atom is -0.459 e. The van der Waals surface area contributed by atoms with Crippen LogP contribution in [0.4, 0.5) is 0 Å². The molecule has 0 spiro atoms. The van der Waals surface area contributed by atoms with Crippen molar-refractivity contribution in [2.24, 2.45) is 11.8 Å². The molecular weight excluding hydrogens is 508 g/mol. The van der Waals surface area contributed by atoms with Crippen molar-refractivity contribution in [3.63, 3.8) is 0 Å². The van der Waals surface area contributed by atoms with Crippen molar-refractivity contribution in [2.45, 2.75) is 76.7 Å². The second-order valence-corrected chi connectivity index (χ2v) is 11.1. The Balaban J connectivity index is 1.10. The average Bonchev–Trinajstić information content (AvgIpc) is 3.70. The Kier molecular flexibility index (Phi) is 9.14. The average molecular weight is 547 g/mol. The Morgan fingerprint density at radius 1 is 0.575 bits per heavy atom. The number of amides is 2. The number of hydrogen-bond donors (Lipinski definition) is 0. The quantitative estimate of drug-likeness (QED) is 0.460. The van der Waals surface area contributed by atoms with Gasteiger partial charge in [-0.05, 0) is 62.5 Å². The number of hydrogen-bond acceptors (Lipinski definition) is 6. The van der Waals surface area contributed by atoms with E-state index in [1.165, 1.54) is 0 Å². The maximum atomic E-state index is 13.4. The van der Waals surface area contributed by atoms with Crippen LogP contribution in [0.3, 0.4) is 0 Å². The molecule has 3 aliphatic rings. The number of carbonyl (C=O) groups is 4. The van der Waals surface area contributed by atoms with E-state index in [4.69, 9.17) is 9.47 Å². The monoisotopic (exact) mass is 546 g/mol. The van der Waals surface area contributed by atoms with Gasteiger partial charge in [0.2, 0.25) is 11.8 Å². The molecule has 1 aliphatic carbocycles. The minimum absolute atomic E-state index is 0.00593. The fourth-order valence-electron chi connectivity index (χ4n) is 6.26. The summed E-state index contributed by atoms with van der Waals surface area (Å²) in [7, 11) is 0. The third kappa shape index (κ3) is 6.54. The van der Waals surface area contributed by atoms with E-state index in [9.17, 15) is 19.2 Å². The summed E-state index contributed by atoms with van der Waals surface area (Å²) in [5.41, 5.74) is 1.83. The van der Waals surface area contributed by atoms with Gasteiger partial charge >= 0.3 is 11.9 Å². The van der Waals surface area contributed by atoms with E-state index in [2.05, 4.69) is 0 Å². The van der Waals surface area contributed by atoms with Crippen LogP contribution in [0.1, 0.15) is 62.5 Å². The first kappa shape index (κ1) is 27.9. The van der Waals surface area contributed by atoms with Gasteiger partial charge in [-0.1, -0.05) is 60.7 Å². The zero-order chi connectivity index (χ0) is 27.9. The summed E-state index contributed by atoms with van der Waals surface area (Å²) in [4.78, 5) is 55.8. The second kappa shape index (κ2) is 13.1. The van der Waals surface area contributed by atoms with Crippen LogP contribution in [0.2, 0.25) is 0 Å². The molecule has 0 aromatic heterocycles. The molecule has 2 heterocycles. The number of benzene rings is 2. The van der Waals surface area contributed by atoms with Crippen LogP contribution in [0, 0.1) is 11.8 Å². The van der Waals surface area contributed by atoms with E-state index in [1.54, 1.807) is 9.80 Å². The first-order valence-electron chi connectivity index (χ1n) is 14.5. The molecule has 2 aromatic rings. The number of esters is 2. The van der Waals surface area contributed by atoms with Crippen molar-refractivity contribution in [3.05, 3.63) is 71.8 Å². The highest BCUT2D eigenvalue weighted by Crippen LogP contribution is 2.35. The second-order valence-electron chi connectivity index (χ2n) is 11.1. The standard InChI is InChI=1S/C32H38N2O6/c35-29(33-19-7-13-27(33)31(37)39-21-23-9-3-1-4-10-23)25-15-17-26(18-16-25)30(36)34-20-8-14-28(34)32(38)40-22-24-11-5-2-6-12-24/h1-6,9-12,25-28H,7-8,13-22H2/t25-,26+,27-,28-/m1/s1. The lowest BCUT2D eigenvalue weighted by atomic mass is 9.80. The molecule has 2 amide bonds. The first-order valence-corrected chi connectivity index (χ1v) is 14.5. The van der Waals surface area contributed by atoms with Crippen molar-refractivity contribution < 1.29 is 28.7 Å². The van der Waals surface area contributed by atoms with Crippen molar-refractivity contribution >= 4 is 23.8 Å². The predicted octanol–water partition coefficient (Wildman–Crippen LogP) is 4.26. The highest BCUT2D eigenvalue weighted by atomic mass is 16.5. The van der Waals surface area contributed by atoms with Crippen LogP contribution in [0.15, 0.2) is 60.7 Å². The third-order valence-corrected chi connectivity index (χ3v) is 8.49. The van der Waals surface area contributed by atoms with E-state index < -0.39 is 12.1 Å². The summed E-state index contributed by atoms with van der Waals surface area (Å²) in [5, 5.41) is 0. The van der Waals surface area contributed by atoms with E-state index in [0.717, 1.165) is 24.0 Å². The highest BCUT2D eigenvalue weighted by Gasteiger charge is 2.42. The third-order valence-electron chi connectivity index (χ3n) is 8.49. The van der Waals surface area contributed by atoms with Gasteiger partial charge in [0.25, 0.3) is 0 Å². The molecular formula is C32H38N2O6. The normalized spacial score (nSPS) is 24.5. The zero-order valence-electron chi connectivity index (χ0n) is 22.9. The van der Waals surface area contributed by atoms with Gasteiger partial charge in [-0.3, -0.25) is 9.59 Å². The molecule has 8 heteroatoms. The van der Waals surface area contributed by atoms with Crippen molar-refractivity contribution in [1.29, 1.82) is 0 Å². The fraction of sp³-hybridized carbons (Fsp3) is 0.500. The van der Waals surface area contributed by atoms with Crippen LogP contribution in [-0.4, -0.2) is 58.7 Å². The lowest BCUT2D eigenvalue weighted by Crippen LogP contribution is -2.47. The van der Waals surface area contributed by atoms with Gasteiger partial charge in [-0.15, -0.1) is 0 Å². The maximum absolute atomic E-state index is 13.4. The van der Waals surface area contributed by atoms with Crippen LogP contribution in [0.25, 0.3) is 0 Å². The lowest BCUT2D eigenvalue weighted by Gasteiger charge is -2.34. The van der Waals surface area contributed by atoms with Gasteiger partial charge in [0.15, 0.2) is 0 Å². The van der Waals surface area contributed by atoms with Crippen molar-refractivity contribution in [3.8, 4) is 0 Å². The number of carbonyl (C=O) groups excluding carboxylic acids is 4. The summed E-state index contributed by atoms with van der Waals surface area (Å²) in [6.45, 7) is 1.51. The maximum Gasteiger partial charge on any atom is 0.329 e. The molecule has 40 heavy (non-hydrogen) atoms. The Labute approximate surface area is 235 Å². The molecule has 2 saturated heterocycles. The van der Waals surface area contributed by atoms with E-state index in [1.807, 2.05) is 60.7 Å². The molecule has 0 N–H and O–H groups in total. The van der Waals surface area contributed by atoms with Crippen molar-refractivity contribution in [1.82, 2.24) is 9.80 Å².